The fraction of sp³-hybridized carbons (Fsp3) is 0.0556. The quantitative estimate of drug-likeness (QED) is 0.655. The molecular formula is C18H13F3N4O3S. The highest BCUT2D eigenvalue weighted by molar-refractivity contribution is 7.92. The smallest absolute Gasteiger partial charge is 0.322 e. The van der Waals surface area contributed by atoms with Crippen LogP contribution in [0.2, 0.25) is 0 Å². The van der Waals surface area contributed by atoms with E-state index >= 15 is 0 Å². The molecule has 1 aromatic heterocycles. The van der Waals surface area contributed by atoms with Crippen molar-refractivity contribution in [2.45, 2.75) is 11.1 Å². The van der Waals surface area contributed by atoms with Crippen molar-refractivity contribution < 1.29 is 26.4 Å². The van der Waals surface area contributed by atoms with Gasteiger partial charge in [0.1, 0.15) is 0 Å². The van der Waals surface area contributed by atoms with Gasteiger partial charge in [-0.05, 0) is 48.5 Å². The van der Waals surface area contributed by atoms with Gasteiger partial charge < -0.3 is 5.32 Å². The Morgan fingerprint density at radius 1 is 0.931 bits per heavy atom. The third kappa shape index (κ3) is 5.08. The summed E-state index contributed by atoms with van der Waals surface area (Å²) in [4.78, 5) is 19.6. The molecule has 0 saturated heterocycles. The maximum atomic E-state index is 12.8. The summed E-state index contributed by atoms with van der Waals surface area (Å²) in [5.41, 5.74) is -0.914. The zero-order valence-electron chi connectivity index (χ0n) is 14.5. The van der Waals surface area contributed by atoms with Crippen LogP contribution in [0.15, 0.2) is 71.9 Å². The molecular weight excluding hydrogens is 409 g/mol. The second-order valence-corrected chi connectivity index (χ2v) is 7.42. The largest absolute Gasteiger partial charge is 0.416 e. The first-order valence-corrected chi connectivity index (χ1v) is 9.52. The van der Waals surface area contributed by atoms with Crippen LogP contribution >= 0.6 is 0 Å². The molecule has 150 valence electrons. The Balaban J connectivity index is 1.73. The predicted octanol–water partition coefficient (Wildman–Crippen LogP) is 3.55. The van der Waals surface area contributed by atoms with Crippen LogP contribution in [0.1, 0.15) is 15.9 Å². The first-order chi connectivity index (χ1) is 13.6. The normalized spacial score (nSPS) is 11.7. The molecule has 0 unspecified atom stereocenters. The van der Waals surface area contributed by atoms with E-state index < -0.39 is 27.7 Å². The molecule has 0 radical (unpaired) electrons. The summed E-state index contributed by atoms with van der Waals surface area (Å²) in [7, 11) is -3.95. The monoisotopic (exact) mass is 422 g/mol. The number of rotatable bonds is 5. The Morgan fingerprint density at radius 3 is 2.21 bits per heavy atom. The van der Waals surface area contributed by atoms with Crippen LogP contribution in [0.4, 0.5) is 24.8 Å². The van der Waals surface area contributed by atoms with Gasteiger partial charge in [0.05, 0.1) is 10.5 Å². The molecule has 0 saturated carbocycles. The number of nitrogens with one attached hydrogen (secondary N) is 2. The Morgan fingerprint density at radius 2 is 1.59 bits per heavy atom. The van der Waals surface area contributed by atoms with E-state index in [1.807, 2.05) is 0 Å². The van der Waals surface area contributed by atoms with Gasteiger partial charge in [0.2, 0.25) is 5.95 Å². The Hall–Kier alpha value is -3.47. The molecule has 3 aromatic rings. The lowest BCUT2D eigenvalue weighted by Gasteiger charge is -2.10. The number of benzene rings is 2. The number of halogens is 3. The fourth-order valence-corrected chi connectivity index (χ4v) is 3.25. The van der Waals surface area contributed by atoms with E-state index in [0.717, 1.165) is 18.2 Å². The van der Waals surface area contributed by atoms with E-state index in [2.05, 4.69) is 20.0 Å². The molecule has 0 spiro atoms. The lowest BCUT2D eigenvalue weighted by molar-refractivity contribution is -0.137. The highest BCUT2D eigenvalue weighted by atomic mass is 32.2. The third-order valence-electron chi connectivity index (χ3n) is 3.67. The number of carbonyl (C=O) groups is 1. The van der Waals surface area contributed by atoms with Crippen LogP contribution in [0, 0.1) is 0 Å². The molecule has 1 amide bonds. The van der Waals surface area contributed by atoms with Gasteiger partial charge in [-0.15, -0.1) is 0 Å². The molecule has 11 heteroatoms. The molecule has 0 aliphatic carbocycles. The molecule has 7 nitrogen and oxygen atoms in total. The van der Waals surface area contributed by atoms with Crippen LogP contribution < -0.4 is 10.0 Å². The van der Waals surface area contributed by atoms with Gasteiger partial charge in [-0.25, -0.2) is 23.1 Å². The summed E-state index contributed by atoms with van der Waals surface area (Å²) in [6, 6.07) is 10.6. The zero-order valence-corrected chi connectivity index (χ0v) is 15.3. The van der Waals surface area contributed by atoms with Crippen LogP contribution in [-0.4, -0.2) is 24.3 Å². The second kappa shape index (κ2) is 7.87. The molecule has 0 aliphatic heterocycles. The van der Waals surface area contributed by atoms with Crippen LogP contribution in [0.3, 0.4) is 0 Å². The molecule has 0 aliphatic rings. The second-order valence-electron chi connectivity index (χ2n) is 5.73. The van der Waals surface area contributed by atoms with Crippen molar-refractivity contribution in [2.75, 3.05) is 10.0 Å². The Labute approximate surface area is 163 Å². The van der Waals surface area contributed by atoms with Crippen molar-refractivity contribution in [3.8, 4) is 0 Å². The molecule has 0 bridgehead atoms. The van der Waals surface area contributed by atoms with Gasteiger partial charge in [0.25, 0.3) is 15.9 Å². The maximum Gasteiger partial charge on any atom is 0.416 e. The van der Waals surface area contributed by atoms with Gasteiger partial charge in [-0.3, -0.25) is 4.79 Å². The number of anilines is 2. The summed E-state index contributed by atoms with van der Waals surface area (Å²) in [5.74, 6) is -0.864. The lowest BCUT2D eigenvalue weighted by Crippen LogP contribution is -2.16. The van der Waals surface area contributed by atoms with Crippen molar-refractivity contribution in [1.29, 1.82) is 0 Å². The van der Waals surface area contributed by atoms with Crippen molar-refractivity contribution in [1.82, 2.24) is 9.97 Å². The average Bonchev–Trinajstić information content (AvgIpc) is 2.68. The number of sulfonamides is 1. The number of amides is 1. The van der Waals surface area contributed by atoms with Crippen LogP contribution in [0.25, 0.3) is 0 Å². The van der Waals surface area contributed by atoms with Gasteiger partial charge in [-0.2, -0.15) is 13.2 Å². The van der Waals surface area contributed by atoms with Crippen LogP contribution in [-0.2, 0) is 16.2 Å². The standard InChI is InChI=1S/C18H13F3N4O3S/c19-18(20,21)13-4-1-3-12(11-13)16(26)24-14-5-7-15(8-6-14)29(27,28)25-17-22-9-2-10-23-17/h1-11H,(H,24,26)(H,22,23,25). The molecule has 1 heterocycles. The third-order valence-corrected chi connectivity index (χ3v) is 5.01. The minimum absolute atomic E-state index is 0.102. The van der Waals surface area contributed by atoms with Crippen molar-refractivity contribution in [3.05, 3.63) is 78.1 Å². The lowest BCUT2D eigenvalue weighted by atomic mass is 10.1. The van der Waals surface area contributed by atoms with E-state index in [9.17, 15) is 26.4 Å². The van der Waals surface area contributed by atoms with Gasteiger partial charge in [-0.1, -0.05) is 6.07 Å². The average molecular weight is 422 g/mol. The zero-order chi connectivity index (χ0) is 21.1. The fourth-order valence-electron chi connectivity index (χ4n) is 2.29. The highest BCUT2D eigenvalue weighted by Gasteiger charge is 2.30. The minimum Gasteiger partial charge on any atom is -0.322 e. The molecule has 0 fully saturated rings. The predicted molar refractivity (Wildman–Crippen MR) is 98.7 cm³/mol. The SMILES string of the molecule is O=C(Nc1ccc(S(=O)(=O)Nc2ncccn2)cc1)c1cccc(C(F)(F)F)c1. The first-order valence-electron chi connectivity index (χ1n) is 8.04. The number of hydrogen-bond donors (Lipinski definition) is 2. The topological polar surface area (TPSA) is 101 Å². The Kier molecular flexibility index (Phi) is 5.50. The number of aromatic nitrogens is 2. The Bertz CT molecular complexity index is 1120. The maximum absolute atomic E-state index is 12.8. The first kappa shape index (κ1) is 20.3. The van der Waals surface area contributed by atoms with E-state index in [4.69, 9.17) is 0 Å². The van der Waals surface area contributed by atoms with Gasteiger partial charge in [0, 0.05) is 23.6 Å². The van der Waals surface area contributed by atoms with E-state index in [0.29, 0.717) is 0 Å². The van der Waals surface area contributed by atoms with Crippen LogP contribution in [0.5, 0.6) is 0 Å². The minimum atomic E-state index is -4.57. The molecule has 0 atom stereocenters. The van der Waals surface area contributed by atoms with E-state index in [1.165, 1.54) is 48.8 Å². The summed E-state index contributed by atoms with van der Waals surface area (Å²) < 4.78 is 65.1. The summed E-state index contributed by atoms with van der Waals surface area (Å²) >= 11 is 0. The van der Waals surface area contributed by atoms with Crippen molar-refractivity contribution in [2.24, 2.45) is 0 Å². The number of hydrogen-bond acceptors (Lipinski definition) is 5. The highest BCUT2D eigenvalue weighted by Crippen LogP contribution is 2.29. The summed E-state index contributed by atoms with van der Waals surface area (Å²) in [5, 5.41) is 2.42. The van der Waals surface area contributed by atoms with Gasteiger partial charge >= 0.3 is 6.18 Å². The van der Waals surface area contributed by atoms with E-state index in [1.54, 1.807) is 0 Å². The molecule has 3 rings (SSSR count). The molecule has 2 N–H and O–H groups in total. The van der Waals surface area contributed by atoms with Gasteiger partial charge in [0.15, 0.2) is 0 Å². The summed E-state index contributed by atoms with van der Waals surface area (Å²) in [6.45, 7) is 0. The number of carbonyl (C=O) groups excluding carboxylic acids is 1. The van der Waals surface area contributed by atoms with Crippen molar-refractivity contribution >= 4 is 27.6 Å². The van der Waals surface area contributed by atoms with Crippen molar-refractivity contribution in [3.63, 3.8) is 0 Å². The molecule has 2 aromatic carbocycles. The number of alkyl halides is 3. The number of nitrogens with zero attached hydrogens (tertiary/aromatic N) is 2. The summed E-state index contributed by atoms with van der Waals surface area (Å²) in [6.07, 6.45) is -1.82. The van der Waals surface area contributed by atoms with E-state index in [-0.39, 0.29) is 22.1 Å². The molecule has 29 heavy (non-hydrogen) atoms.